The van der Waals surface area contributed by atoms with Gasteiger partial charge in [0.05, 0.1) is 6.04 Å². The van der Waals surface area contributed by atoms with Crippen LogP contribution in [-0.4, -0.2) is 23.5 Å². The Kier molecular flexibility index (Phi) is 6.06. The van der Waals surface area contributed by atoms with Crippen molar-refractivity contribution >= 4 is 11.3 Å². The molecular formula is C17H30N2S. The maximum atomic E-state index is 6.52. The summed E-state index contributed by atoms with van der Waals surface area (Å²) in [4.78, 5) is 5.60. The lowest BCUT2D eigenvalue weighted by Gasteiger charge is -2.39. The third kappa shape index (κ3) is 3.63. The molecule has 1 aliphatic heterocycles. The number of rotatable bonds is 5. The van der Waals surface area contributed by atoms with E-state index in [0.717, 1.165) is 6.42 Å². The Balaban J connectivity index is 2.28. The molecule has 2 heterocycles. The third-order valence-electron chi connectivity index (χ3n) is 4.68. The Bertz CT molecular complexity index is 401. The van der Waals surface area contributed by atoms with E-state index < -0.39 is 0 Å². The number of aryl methyl sites for hydroxylation is 1. The Morgan fingerprint density at radius 1 is 1.30 bits per heavy atom. The fourth-order valence-corrected chi connectivity index (χ4v) is 4.54. The largest absolute Gasteiger partial charge is 0.326 e. The molecule has 2 N–H and O–H groups in total. The fourth-order valence-electron chi connectivity index (χ4n) is 3.46. The molecule has 0 saturated carbocycles. The number of hydrogen-bond acceptors (Lipinski definition) is 3. The summed E-state index contributed by atoms with van der Waals surface area (Å²) in [6.45, 7) is 7.96. The van der Waals surface area contributed by atoms with E-state index in [1.165, 1.54) is 48.4 Å². The van der Waals surface area contributed by atoms with Gasteiger partial charge in [-0.2, -0.15) is 0 Å². The van der Waals surface area contributed by atoms with Crippen LogP contribution in [0.15, 0.2) is 12.1 Å². The van der Waals surface area contributed by atoms with Crippen LogP contribution in [0.5, 0.6) is 0 Å². The first-order valence-corrected chi connectivity index (χ1v) is 9.06. The molecule has 3 atom stereocenters. The van der Waals surface area contributed by atoms with Crippen molar-refractivity contribution in [2.45, 2.75) is 77.4 Å². The molecular weight excluding hydrogens is 264 g/mol. The predicted octanol–water partition coefficient (Wildman–Crippen LogP) is 4.49. The van der Waals surface area contributed by atoms with E-state index in [1.54, 1.807) is 0 Å². The maximum absolute atomic E-state index is 6.52. The predicted molar refractivity (Wildman–Crippen MR) is 89.3 cm³/mol. The van der Waals surface area contributed by atoms with E-state index >= 15 is 0 Å². The summed E-state index contributed by atoms with van der Waals surface area (Å²) >= 11 is 1.93. The lowest BCUT2D eigenvalue weighted by Crippen LogP contribution is -2.45. The van der Waals surface area contributed by atoms with Crippen molar-refractivity contribution in [2.24, 2.45) is 5.73 Å². The molecule has 2 rings (SSSR count). The SMILES string of the molecule is CCC(N)C(c1ccc(C)s1)N1CCCCCC1CC. The van der Waals surface area contributed by atoms with E-state index in [4.69, 9.17) is 5.73 Å². The van der Waals surface area contributed by atoms with E-state index in [1.807, 2.05) is 11.3 Å². The van der Waals surface area contributed by atoms with Gasteiger partial charge in [0, 0.05) is 21.8 Å². The van der Waals surface area contributed by atoms with Gasteiger partial charge >= 0.3 is 0 Å². The van der Waals surface area contributed by atoms with Crippen LogP contribution in [-0.2, 0) is 0 Å². The molecule has 0 aliphatic carbocycles. The minimum Gasteiger partial charge on any atom is -0.326 e. The second-order valence-electron chi connectivity index (χ2n) is 6.11. The number of hydrogen-bond donors (Lipinski definition) is 1. The number of likely N-dealkylation sites (tertiary alicyclic amines) is 1. The summed E-state index contributed by atoms with van der Waals surface area (Å²) in [5, 5.41) is 0. The van der Waals surface area contributed by atoms with Crippen LogP contribution in [0.4, 0.5) is 0 Å². The van der Waals surface area contributed by atoms with Gasteiger partial charge in [0.25, 0.3) is 0 Å². The van der Waals surface area contributed by atoms with Crippen LogP contribution in [0.1, 0.15) is 68.2 Å². The van der Waals surface area contributed by atoms with Crippen LogP contribution in [0.3, 0.4) is 0 Å². The molecule has 3 heteroatoms. The van der Waals surface area contributed by atoms with Crippen molar-refractivity contribution in [1.29, 1.82) is 0 Å². The molecule has 20 heavy (non-hydrogen) atoms. The van der Waals surface area contributed by atoms with Crippen molar-refractivity contribution in [3.05, 3.63) is 21.9 Å². The summed E-state index contributed by atoms with van der Waals surface area (Å²) in [6, 6.07) is 5.93. The zero-order valence-corrected chi connectivity index (χ0v) is 14.1. The highest BCUT2D eigenvalue weighted by Crippen LogP contribution is 2.35. The Hall–Kier alpha value is -0.380. The average Bonchev–Trinajstić information content (AvgIpc) is 2.74. The molecule has 1 saturated heterocycles. The standard InChI is InChI=1S/C17H30N2S/c1-4-14-9-7-6-8-12-19(14)17(15(18)5-2)16-11-10-13(3)20-16/h10-11,14-15,17H,4-9,12,18H2,1-3H3. The van der Waals surface area contributed by atoms with Gasteiger partial charge in [-0.15, -0.1) is 11.3 Å². The quantitative estimate of drug-likeness (QED) is 0.867. The lowest BCUT2D eigenvalue weighted by atomic mass is 9.99. The Morgan fingerprint density at radius 2 is 2.10 bits per heavy atom. The van der Waals surface area contributed by atoms with Gasteiger partial charge < -0.3 is 5.73 Å². The molecule has 1 aromatic heterocycles. The number of thiophene rings is 1. The van der Waals surface area contributed by atoms with Crippen molar-refractivity contribution in [2.75, 3.05) is 6.54 Å². The molecule has 1 aliphatic rings. The van der Waals surface area contributed by atoms with Crippen LogP contribution in [0.25, 0.3) is 0 Å². The van der Waals surface area contributed by atoms with Crippen molar-refractivity contribution in [1.82, 2.24) is 4.90 Å². The van der Waals surface area contributed by atoms with Crippen LogP contribution in [0, 0.1) is 6.92 Å². The zero-order chi connectivity index (χ0) is 14.5. The minimum absolute atomic E-state index is 0.250. The van der Waals surface area contributed by atoms with Gasteiger partial charge in [-0.3, -0.25) is 4.90 Å². The van der Waals surface area contributed by atoms with Gasteiger partial charge in [-0.05, 0) is 51.3 Å². The van der Waals surface area contributed by atoms with Crippen LogP contribution >= 0.6 is 11.3 Å². The maximum Gasteiger partial charge on any atom is 0.0595 e. The molecule has 0 spiro atoms. The summed E-state index contributed by atoms with van der Waals surface area (Å²) in [6.07, 6.45) is 7.73. The van der Waals surface area contributed by atoms with Crippen molar-refractivity contribution in [3.8, 4) is 0 Å². The van der Waals surface area contributed by atoms with Crippen LogP contribution in [0.2, 0.25) is 0 Å². The second kappa shape index (κ2) is 7.58. The van der Waals surface area contributed by atoms with E-state index in [0.29, 0.717) is 12.1 Å². The molecule has 3 unspecified atom stereocenters. The Labute approximate surface area is 128 Å². The first kappa shape index (κ1) is 16.0. The van der Waals surface area contributed by atoms with E-state index in [-0.39, 0.29) is 6.04 Å². The topological polar surface area (TPSA) is 29.3 Å². The first-order valence-electron chi connectivity index (χ1n) is 8.25. The van der Waals surface area contributed by atoms with Gasteiger partial charge in [0.1, 0.15) is 0 Å². The van der Waals surface area contributed by atoms with Gasteiger partial charge in [-0.25, -0.2) is 0 Å². The molecule has 2 nitrogen and oxygen atoms in total. The fraction of sp³-hybridized carbons (Fsp3) is 0.765. The van der Waals surface area contributed by atoms with Gasteiger partial charge in [0.2, 0.25) is 0 Å². The first-order chi connectivity index (χ1) is 9.67. The highest BCUT2D eigenvalue weighted by atomic mass is 32.1. The van der Waals surface area contributed by atoms with Gasteiger partial charge in [-0.1, -0.05) is 26.7 Å². The van der Waals surface area contributed by atoms with E-state index in [9.17, 15) is 0 Å². The van der Waals surface area contributed by atoms with Gasteiger partial charge in [0.15, 0.2) is 0 Å². The molecule has 1 aromatic rings. The smallest absolute Gasteiger partial charge is 0.0595 e. The summed E-state index contributed by atoms with van der Waals surface area (Å²) < 4.78 is 0. The molecule has 0 aromatic carbocycles. The van der Waals surface area contributed by atoms with E-state index in [2.05, 4.69) is 37.8 Å². The number of nitrogens with two attached hydrogens (primary N) is 1. The average molecular weight is 295 g/mol. The molecule has 0 bridgehead atoms. The molecule has 0 amide bonds. The zero-order valence-electron chi connectivity index (χ0n) is 13.3. The van der Waals surface area contributed by atoms with Crippen molar-refractivity contribution < 1.29 is 0 Å². The lowest BCUT2D eigenvalue weighted by molar-refractivity contribution is 0.114. The second-order valence-corrected chi connectivity index (χ2v) is 7.43. The molecule has 1 fully saturated rings. The summed E-state index contributed by atoms with van der Waals surface area (Å²) in [5.41, 5.74) is 6.52. The highest BCUT2D eigenvalue weighted by molar-refractivity contribution is 7.12. The Morgan fingerprint density at radius 3 is 2.70 bits per heavy atom. The molecule has 0 radical (unpaired) electrons. The third-order valence-corrected chi connectivity index (χ3v) is 5.75. The summed E-state index contributed by atoms with van der Waals surface area (Å²) in [5.74, 6) is 0. The minimum atomic E-state index is 0.250. The number of nitrogens with zero attached hydrogens (tertiary/aromatic N) is 1. The highest BCUT2D eigenvalue weighted by Gasteiger charge is 2.31. The van der Waals surface area contributed by atoms with Crippen molar-refractivity contribution in [3.63, 3.8) is 0 Å². The molecule has 114 valence electrons. The summed E-state index contributed by atoms with van der Waals surface area (Å²) in [7, 11) is 0. The monoisotopic (exact) mass is 294 g/mol. The normalized spacial score (nSPS) is 24.3. The van der Waals surface area contributed by atoms with Crippen LogP contribution < -0.4 is 5.73 Å².